The fourth-order valence-electron chi connectivity index (χ4n) is 7.64. The smallest absolute Gasteiger partial charge is 0.293 e. The molecule has 0 spiro atoms. The number of aromatic nitrogens is 6. The molecule has 1 saturated carbocycles. The van der Waals surface area contributed by atoms with Gasteiger partial charge in [0.25, 0.3) is 17.9 Å². The van der Waals surface area contributed by atoms with Crippen LogP contribution in [0.15, 0.2) is 71.5 Å². The summed E-state index contributed by atoms with van der Waals surface area (Å²) in [6.07, 6.45) is -2.72. The van der Waals surface area contributed by atoms with Crippen LogP contribution < -0.4 is 15.6 Å². The lowest BCUT2D eigenvalue weighted by atomic mass is 10.0. The van der Waals surface area contributed by atoms with Crippen LogP contribution in [0.25, 0.3) is 27.8 Å². The molecule has 3 atom stereocenters. The van der Waals surface area contributed by atoms with Crippen molar-refractivity contribution in [3.05, 3.63) is 122 Å². The van der Waals surface area contributed by atoms with E-state index < -0.39 is 87.7 Å². The zero-order chi connectivity index (χ0) is 40.7. The van der Waals surface area contributed by atoms with Crippen molar-refractivity contribution in [2.75, 3.05) is 11.0 Å². The molecule has 0 saturated heterocycles. The molecular formula is C37H29ClF6N8O4S. The lowest BCUT2D eigenvalue weighted by molar-refractivity contribution is -0.123. The second-order valence-corrected chi connectivity index (χ2v) is 16.1. The molecule has 8 rings (SSSR count). The molecule has 2 N–H and O–H groups in total. The average Bonchev–Trinajstić information content (AvgIpc) is 3.66. The van der Waals surface area contributed by atoms with Crippen molar-refractivity contribution in [1.82, 2.24) is 34.4 Å². The van der Waals surface area contributed by atoms with Gasteiger partial charge in [0.2, 0.25) is 15.9 Å². The largest absolute Gasteiger partial charge is 0.344 e. The molecule has 2 aliphatic carbocycles. The van der Waals surface area contributed by atoms with Crippen molar-refractivity contribution >= 4 is 44.3 Å². The first kappa shape index (κ1) is 38.2. The van der Waals surface area contributed by atoms with Crippen LogP contribution >= 0.6 is 11.6 Å². The summed E-state index contributed by atoms with van der Waals surface area (Å²) >= 11 is 6.56. The Morgan fingerprint density at radius 1 is 1.04 bits per heavy atom. The van der Waals surface area contributed by atoms with Crippen molar-refractivity contribution in [3.8, 4) is 16.9 Å². The number of sulfonamides is 1. The highest BCUT2D eigenvalue weighted by Gasteiger charge is 2.67. The molecule has 2 aliphatic rings. The number of carbonyl (C=O) groups is 1. The van der Waals surface area contributed by atoms with Crippen LogP contribution in [-0.2, 0) is 40.8 Å². The van der Waals surface area contributed by atoms with Crippen LogP contribution in [0.3, 0.4) is 0 Å². The van der Waals surface area contributed by atoms with Gasteiger partial charge in [0.05, 0.1) is 39.6 Å². The first-order chi connectivity index (χ1) is 26.9. The number of anilines is 1. The van der Waals surface area contributed by atoms with E-state index >= 15 is 8.78 Å². The van der Waals surface area contributed by atoms with E-state index in [1.807, 2.05) is 0 Å². The quantitative estimate of drug-likeness (QED) is 0.141. The predicted octanol–water partition coefficient (Wildman–Crippen LogP) is 6.53. The fraction of sp³-hybridized carbons (Fsp3) is 0.270. The van der Waals surface area contributed by atoms with Gasteiger partial charge in [-0.15, -0.1) is 0 Å². The lowest BCUT2D eigenvalue weighted by Crippen LogP contribution is -2.38. The molecule has 1 fully saturated rings. The number of amides is 1. The third-order valence-electron chi connectivity index (χ3n) is 9.92. The zero-order valence-electron chi connectivity index (χ0n) is 29.7. The molecule has 296 valence electrons. The monoisotopic (exact) mass is 830 g/mol. The van der Waals surface area contributed by atoms with E-state index in [2.05, 4.69) is 20.2 Å². The van der Waals surface area contributed by atoms with Crippen molar-refractivity contribution in [2.24, 2.45) is 13.0 Å². The summed E-state index contributed by atoms with van der Waals surface area (Å²) in [5.41, 5.74) is -1.93. The molecule has 3 heterocycles. The molecule has 0 aliphatic heterocycles. The molecule has 20 heteroatoms. The van der Waals surface area contributed by atoms with Crippen molar-refractivity contribution < 1.29 is 39.6 Å². The van der Waals surface area contributed by atoms with Gasteiger partial charge in [-0.25, -0.2) is 31.0 Å². The number of halogens is 7. The molecule has 0 unspecified atom stereocenters. The van der Waals surface area contributed by atoms with E-state index in [-0.39, 0.29) is 56.5 Å². The van der Waals surface area contributed by atoms with Crippen LogP contribution in [0.1, 0.15) is 53.1 Å². The highest BCUT2D eigenvalue weighted by molar-refractivity contribution is 7.92. The third kappa shape index (κ3) is 6.91. The van der Waals surface area contributed by atoms with Crippen LogP contribution in [0.5, 0.6) is 0 Å². The second-order valence-electron chi connectivity index (χ2n) is 14.0. The highest BCUT2D eigenvalue weighted by Crippen LogP contribution is 2.68. The van der Waals surface area contributed by atoms with Gasteiger partial charge in [0.1, 0.15) is 35.4 Å². The van der Waals surface area contributed by atoms with Gasteiger partial charge in [-0.3, -0.25) is 28.2 Å². The Morgan fingerprint density at radius 2 is 1.74 bits per heavy atom. The standard InChI is InChI=1S/C37H29ClF6N8O4S/c1-50-32-26(9-8-23(38)30(32)35(48-50)49-57(2,55)56)52-28(54)15-24(18-6-4-3-5-7-18)46-36(52)25(12-17-10-19(39)13-20(40)11-17)45-27(53)16-51-33-29(31(47-51)34(41)42)21-14-22(21)37(33,43)44/h3-11,13,15,21-22,25,34H,12,14,16H2,1-2H3,(H,45,53)(H,48,49)/t21-,22+,25-/m0/s1. The molecule has 6 aromatic rings. The summed E-state index contributed by atoms with van der Waals surface area (Å²) in [7, 11) is -2.43. The summed E-state index contributed by atoms with van der Waals surface area (Å²) in [4.78, 5) is 33.1. The summed E-state index contributed by atoms with van der Waals surface area (Å²) in [5.74, 6) is -8.91. The van der Waals surface area contributed by atoms with E-state index in [0.29, 0.717) is 16.3 Å². The number of hydrogen-bond acceptors (Lipinski definition) is 7. The van der Waals surface area contributed by atoms with Gasteiger partial charge in [0.15, 0.2) is 5.82 Å². The van der Waals surface area contributed by atoms with Crippen LogP contribution in [0, 0.1) is 17.6 Å². The van der Waals surface area contributed by atoms with Gasteiger partial charge in [-0.05, 0) is 42.2 Å². The van der Waals surface area contributed by atoms with Crippen molar-refractivity contribution in [1.29, 1.82) is 0 Å². The number of nitrogens with one attached hydrogen (secondary N) is 2. The Hall–Kier alpha value is -5.69. The van der Waals surface area contributed by atoms with Gasteiger partial charge in [-0.1, -0.05) is 41.9 Å². The van der Waals surface area contributed by atoms with Crippen LogP contribution in [0.4, 0.5) is 32.2 Å². The van der Waals surface area contributed by atoms with E-state index in [1.165, 1.54) is 29.9 Å². The number of hydrogen-bond donors (Lipinski definition) is 2. The minimum Gasteiger partial charge on any atom is -0.344 e. The number of nitrogens with zero attached hydrogens (tertiary/aromatic N) is 6. The van der Waals surface area contributed by atoms with Gasteiger partial charge in [0, 0.05) is 42.6 Å². The molecule has 57 heavy (non-hydrogen) atoms. The van der Waals surface area contributed by atoms with Crippen molar-refractivity contribution in [3.63, 3.8) is 0 Å². The van der Waals surface area contributed by atoms with Gasteiger partial charge >= 0.3 is 0 Å². The summed E-state index contributed by atoms with van der Waals surface area (Å²) in [6, 6.07) is 13.5. The molecular weight excluding hydrogens is 802 g/mol. The van der Waals surface area contributed by atoms with E-state index in [4.69, 9.17) is 16.6 Å². The molecule has 1 amide bonds. The maximum atomic E-state index is 15.4. The number of fused-ring (bicyclic) bond motifs is 4. The van der Waals surface area contributed by atoms with Crippen LogP contribution in [-0.4, -0.2) is 49.7 Å². The topological polar surface area (TPSA) is 146 Å². The summed E-state index contributed by atoms with van der Waals surface area (Å²) in [5, 5.41) is 10.8. The Balaban J connectivity index is 1.31. The number of rotatable bonds is 11. The maximum Gasteiger partial charge on any atom is 0.293 e. The molecule has 0 radical (unpaired) electrons. The number of benzene rings is 3. The lowest BCUT2D eigenvalue weighted by Gasteiger charge is -2.24. The second kappa shape index (κ2) is 13.8. The third-order valence-corrected chi connectivity index (χ3v) is 10.8. The minimum absolute atomic E-state index is 0.00523. The first-order valence-electron chi connectivity index (χ1n) is 17.3. The molecule has 12 nitrogen and oxygen atoms in total. The molecule has 3 aromatic heterocycles. The SMILES string of the molecule is Cn1nc(NS(C)(=O)=O)c2c(Cl)ccc(-n3c([C@H](Cc4cc(F)cc(F)c4)NC(=O)Cn4nc(C(F)F)c5c4C(F)(F)[C@@H]4C[C@H]54)nc(-c4ccccc4)cc3=O)c21. The number of carbonyl (C=O) groups excluding carboxylic acids is 1. The molecule has 0 bridgehead atoms. The van der Waals surface area contributed by atoms with Gasteiger partial charge in [-0.2, -0.15) is 19.0 Å². The predicted molar refractivity (Wildman–Crippen MR) is 196 cm³/mol. The normalized spacial score (nSPS) is 17.4. The van der Waals surface area contributed by atoms with E-state index in [9.17, 15) is 35.6 Å². The van der Waals surface area contributed by atoms with Gasteiger partial charge < -0.3 is 5.32 Å². The number of aryl methyl sites for hydroxylation is 1. The Morgan fingerprint density at radius 3 is 2.40 bits per heavy atom. The Labute approximate surface area is 324 Å². The minimum atomic E-state index is -3.88. The highest BCUT2D eigenvalue weighted by atomic mass is 35.5. The average molecular weight is 831 g/mol. The summed E-state index contributed by atoms with van der Waals surface area (Å²) < 4.78 is 118. The number of alkyl halides is 4. The maximum absolute atomic E-state index is 15.4. The van der Waals surface area contributed by atoms with Crippen LogP contribution in [0.2, 0.25) is 5.02 Å². The zero-order valence-corrected chi connectivity index (χ0v) is 31.2. The fourth-order valence-corrected chi connectivity index (χ4v) is 8.38. The van der Waals surface area contributed by atoms with Crippen molar-refractivity contribution in [2.45, 2.75) is 43.7 Å². The van der Waals surface area contributed by atoms with E-state index in [1.54, 1.807) is 30.3 Å². The summed E-state index contributed by atoms with van der Waals surface area (Å²) in [6.45, 7) is -0.964. The molecule has 3 aromatic carbocycles. The Kier molecular flexibility index (Phi) is 9.22. The first-order valence-corrected chi connectivity index (χ1v) is 19.5. The Bertz CT molecular complexity index is 2770. The van der Waals surface area contributed by atoms with E-state index in [0.717, 1.165) is 23.0 Å².